The minimum absolute atomic E-state index is 0. The van der Waals surface area contributed by atoms with Crippen molar-refractivity contribution in [1.29, 1.82) is 0 Å². The summed E-state index contributed by atoms with van der Waals surface area (Å²) in [6.07, 6.45) is 2.81. The first-order chi connectivity index (χ1) is 13.1. The minimum Gasteiger partial charge on any atom is -0.312 e. The molecule has 4 atom stereocenters. The number of hydrogen-bond donors (Lipinski definition) is 2. The first-order valence-electron chi connectivity index (χ1n) is 10.6. The van der Waals surface area contributed by atoms with Gasteiger partial charge in [0.05, 0.1) is 6.04 Å². The zero-order valence-electron chi connectivity index (χ0n) is 17.5. The number of nitrogens with one attached hydrogen (secondary N) is 2. The molecule has 0 heterocycles. The van der Waals surface area contributed by atoms with E-state index in [1.54, 1.807) is 0 Å². The predicted octanol–water partition coefficient (Wildman–Crippen LogP) is 7.05. The second-order valence-corrected chi connectivity index (χ2v) is 9.22. The summed E-state index contributed by atoms with van der Waals surface area (Å²) in [5.41, 5.74) is 3.23. The van der Waals surface area contributed by atoms with E-state index in [1.165, 1.54) is 24.0 Å². The van der Waals surface area contributed by atoms with Crippen LogP contribution in [0.5, 0.6) is 0 Å². The molecule has 3 aliphatic carbocycles. The van der Waals surface area contributed by atoms with E-state index >= 15 is 0 Å². The minimum atomic E-state index is 0. The van der Waals surface area contributed by atoms with Gasteiger partial charge in [-0.05, 0) is 47.1 Å². The predicted molar refractivity (Wildman–Crippen MR) is 144 cm³/mol. The van der Waals surface area contributed by atoms with E-state index in [1.807, 2.05) is 0 Å². The lowest BCUT2D eigenvalue weighted by Crippen LogP contribution is -2.60. The molecule has 3 fully saturated rings. The van der Waals surface area contributed by atoms with Crippen LogP contribution in [0.1, 0.15) is 73.1 Å². The smallest absolute Gasteiger partial charge is 0.0577 e. The average molecular weight is 445 g/mol. The van der Waals surface area contributed by atoms with Gasteiger partial charge in [0.25, 0.3) is 0 Å². The zero-order valence-corrected chi connectivity index (χ0v) is 18.5. The molecule has 2 bridgehead atoms. The summed E-state index contributed by atoms with van der Waals surface area (Å²) in [5.74, 6) is 2.62. The molecule has 3 saturated carbocycles. The van der Waals surface area contributed by atoms with Crippen molar-refractivity contribution < 1.29 is 0 Å². The Labute approximate surface area is 200 Å². The molecule has 0 saturated heterocycles. The number of rotatable bonds is 7. The molecule has 3 heteroatoms. The topological polar surface area (TPSA) is 24.1 Å². The molecule has 3 aliphatic rings. The van der Waals surface area contributed by atoms with Crippen molar-refractivity contribution >= 4 is 13.5 Å². The van der Waals surface area contributed by atoms with Crippen LogP contribution < -0.4 is 10.6 Å². The van der Waals surface area contributed by atoms with Gasteiger partial charge >= 0.3 is 0 Å². The van der Waals surface area contributed by atoms with Gasteiger partial charge in [0.15, 0.2) is 0 Å². The monoisotopic (exact) mass is 444 g/mol. The molecule has 2 nitrogen and oxygen atoms in total. The van der Waals surface area contributed by atoms with Crippen molar-refractivity contribution in [1.82, 2.24) is 10.6 Å². The van der Waals surface area contributed by atoms with Gasteiger partial charge in [-0.2, -0.15) is 13.5 Å². The van der Waals surface area contributed by atoms with Crippen LogP contribution in [-0.4, -0.2) is 19.1 Å². The maximum absolute atomic E-state index is 3.87. The SMILES string of the molecule is C.C.C.C[C@@H]1[C@H]2CC(C[C@H]1NCCNC(c1ccccc1)c1ccccc1)C2(C)C.S. The Hall–Kier alpha value is -1.29. The van der Waals surface area contributed by atoms with Crippen molar-refractivity contribution in [3.63, 3.8) is 0 Å². The Morgan fingerprint density at radius 3 is 1.81 bits per heavy atom. The van der Waals surface area contributed by atoms with E-state index in [-0.39, 0.29) is 41.8 Å². The van der Waals surface area contributed by atoms with Gasteiger partial charge in [-0.15, -0.1) is 0 Å². The Bertz CT molecular complexity index is 692. The highest BCUT2D eigenvalue weighted by Crippen LogP contribution is 2.61. The van der Waals surface area contributed by atoms with Crippen molar-refractivity contribution in [2.75, 3.05) is 13.1 Å². The number of benzene rings is 2. The van der Waals surface area contributed by atoms with E-state index in [4.69, 9.17) is 0 Å². The Balaban J connectivity index is 0.00000225. The molecule has 0 aliphatic heterocycles. The van der Waals surface area contributed by atoms with E-state index in [0.717, 1.165) is 30.8 Å². The molecule has 2 aromatic carbocycles. The summed E-state index contributed by atoms with van der Waals surface area (Å²) in [5, 5.41) is 7.65. The van der Waals surface area contributed by atoms with Gasteiger partial charge < -0.3 is 10.6 Å². The molecule has 31 heavy (non-hydrogen) atoms. The van der Waals surface area contributed by atoms with E-state index in [0.29, 0.717) is 11.5 Å². The maximum Gasteiger partial charge on any atom is 0.0577 e. The molecule has 2 N–H and O–H groups in total. The lowest BCUT2D eigenvalue weighted by molar-refractivity contribution is -0.114. The average Bonchev–Trinajstić information content (AvgIpc) is 2.70. The van der Waals surface area contributed by atoms with E-state index in [9.17, 15) is 0 Å². The number of fused-ring (bicyclic) bond motifs is 2. The van der Waals surface area contributed by atoms with Gasteiger partial charge in [-0.1, -0.05) is 104 Å². The summed E-state index contributed by atoms with van der Waals surface area (Å²) < 4.78 is 0. The third kappa shape index (κ3) is 6.15. The molecule has 1 unspecified atom stereocenters. The molecule has 2 aromatic rings. The second kappa shape index (κ2) is 12.7. The van der Waals surface area contributed by atoms with E-state index < -0.39 is 0 Å². The van der Waals surface area contributed by atoms with Gasteiger partial charge in [0.1, 0.15) is 0 Å². The Morgan fingerprint density at radius 2 is 1.35 bits per heavy atom. The highest BCUT2D eigenvalue weighted by atomic mass is 32.1. The molecule has 0 amide bonds. The fourth-order valence-electron chi connectivity index (χ4n) is 5.61. The summed E-state index contributed by atoms with van der Waals surface area (Å²) in [6, 6.07) is 22.5. The van der Waals surface area contributed by atoms with Crippen molar-refractivity contribution in [3.05, 3.63) is 71.8 Å². The van der Waals surface area contributed by atoms with Crippen LogP contribution in [0, 0.1) is 23.2 Å². The normalized spacial score (nSPS) is 25.0. The molecule has 0 radical (unpaired) electrons. The van der Waals surface area contributed by atoms with E-state index in [2.05, 4.69) is 92.1 Å². The number of hydrogen-bond acceptors (Lipinski definition) is 2. The largest absolute Gasteiger partial charge is 0.312 e. The fraction of sp³-hybridized carbons (Fsp3) is 0.571. The van der Waals surface area contributed by atoms with Crippen molar-refractivity contribution in [3.8, 4) is 0 Å². The highest BCUT2D eigenvalue weighted by Gasteiger charge is 2.55. The van der Waals surface area contributed by atoms with Crippen LogP contribution in [0.3, 0.4) is 0 Å². The first kappa shape index (κ1) is 29.7. The first-order valence-corrected chi connectivity index (χ1v) is 10.6. The maximum atomic E-state index is 3.87. The lowest BCUT2D eigenvalue weighted by atomic mass is 9.45. The molecule has 5 rings (SSSR count). The Morgan fingerprint density at radius 1 is 0.839 bits per heavy atom. The van der Waals surface area contributed by atoms with Crippen LogP contribution in [0.15, 0.2) is 60.7 Å². The van der Waals surface area contributed by atoms with Crippen molar-refractivity contribution in [2.24, 2.45) is 23.2 Å². The summed E-state index contributed by atoms with van der Waals surface area (Å²) in [6.45, 7) is 9.43. The quantitative estimate of drug-likeness (QED) is 0.447. The Kier molecular flexibility index (Phi) is 12.1. The fourth-order valence-corrected chi connectivity index (χ4v) is 5.61. The summed E-state index contributed by atoms with van der Waals surface area (Å²) in [7, 11) is 0. The van der Waals surface area contributed by atoms with Crippen LogP contribution in [-0.2, 0) is 0 Å². The van der Waals surface area contributed by atoms with Gasteiger partial charge in [0.2, 0.25) is 0 Å². The van der Waals surface area contributed by atoms with Crippen LogP contribution in [0.25, 0.3) is 0 Å². The van der Waals surface area contributed by atoms with Gasteiger partial charge in [0, 0.05) is 19.1 Å². The third-order valence-corrected chi connectivity index (χ3v) is 7.50. The van der Waals surface area contributed by atoms with Crippen molar-refractivity contribution in [2.45, 2.75) is 68.0 Å². The molecule has 0 spiro atoms. The van der Waals surface area contributed by atoms with Gasteiger partial charge in [-0.3, -0.25) is 0 Å². The summed E-state index contributed by atoms with van der Waals surface area (Å²) in [4.78, 5) is 0. The van der Waals surface area contributed by atoms with Crippen LogP contribution in [0.4, 0.5) is 0 Å². The second-order valence-electron chi connectivity index (χ2n) is 9.22. The van der Waals surface area contributed by atoms with Crippen LogP contribution in [0.2, 0.25) is 0 Å². The standard InChI is InChI=1S/C25H34N2.3CH4.H2S/c1-18-22-16-21(25(22,2)3)17-23(18)26-14-15-27-24(19-10-6-4-7-11-19)20-12-8-5-9-13-20;;;;/h4-13,18,21-24,26-27H,14-17H2,1-3H3;3*1H4;1H2/t18-,21?,22-,23-;;;;/m1..../s1. The molecular formula is C28H48N2S. The summed E-state index contributed by atoms with van der Waals surface area (Å²) >= 11 is 0. The third-order valence-electron chi connectivity index (χ3n) is 7.50. The molecule has 0 aromatic heterocycles. The molecule has 176 valence electrons. The van der Waals surface area contributed by atoms with Crippen LogP contribution >= 0.6 is 13.5 Å². The van der Waals surface area contributed by atoms with Gasteiger partial charge in [-0.25, -0.2) is 0 Å². The lowest BCUT2D eigenvalue weighted by Gasteiger charge is -2.62. The highest BCUT2D eigenvalue weighted by molar-refractivity contribution is 7.59. The zero-order chi connectivity index (χ0) is 18.9. The molecular weight excluding hydrogens is 396 g/mol.